The lowest BCUT2D eigenvalue weighted by Gasteiger charge is -2.34. The van der Waals surface area contributed by atoms with Crippen molar-refractivity contribution in [2.24, 2.45) is 0 Å². The van der Waals surface area contributed by atoms with Gasteiger partial charge >= 0.3 is 0 Å². The summed E-state index contributed by atoms with van der Waals surface area (Å²) in [4.78, 5) is 43.2. The molecule has 1 aliphatic rings. The van der Waals surface area contributed by atoms with E-state index in [0.29, 0.717) is 34.3 Å². The Morgan fingerprint density at radius 2 is 2.05 bits per heavy atom. The van der Waals surface area contributed by atoms with Gasteiger partial charge in [0, 0.05) is 36.1 Å². The van der Waals surface area contributed by atoms with Crippen LogP contribution in [0.15, 0.2) is 48.4 Å². The second-order valence-corrected chi connectivity index (χ2v) is 10.3. The van der Waals surface area contributed by atoms with Crippen molar-refractivity contribution >= 4 is 30.8 Å². The number of phosphoric ester groups is 1. The molecule has 210 valence electrons. The predicted octanol–water partition coefficient (Wildman–Crippen LogP) is 2.81. The fourth-order valence-corrected chi connectivity index (χ4v) is 4.89. The van der Waals surface area contributed by atoms with E-state index < -0.39 is 20.5 Å². The quantitative estimate of drug-likeness (QED) is 0.232. The van der Waals surface area contributed by atoms with E-state index in [4.69, 9.17) is 9.84 Å². The number of quaternary nitrogens is 2. The van der Waals surface area contributed by atoms with E-state index >= 15 is 0 Å². The molecule has 0 bridgehead atoms. The van der Waals surface area contributed by atoms with Crippen LogP contribution in [0.2, 0.25) is 0 Å². The number of phosphoric acid groups is 1. The molecule has 1 amide bonds. The lowest BCUT2D eigenvalue weighted by molar-refractivity contribution is -0.344. The van der Waals surface area contributed by atoms with Crippen molar-refractivity contribution in [1.82, 2.24) is 41.8 Å². The van der Waals surface area contributed by atoms with Crippen LogP contribution in [0, 0.1) is 0 Å². The van der Waals surface area contributed by atoms with Crippen LogP contribution in [-0.4, -0.2) is 48.1 Å². The highest BCUT2D eigenvalue weighted by Gasteiger charge is 2.32. The number of thiazole rings is 1. The van der Waals surface area contributed by atoms with Crippen molar-refractivity contribution in [2.75, 3.05) is 11.9 Å². The highest BCUT2D eigenvalue weighted by Crippen LogP contribution is 2.37. The number of hydrogen-bond donors (Lipinski definition) is 3. The third-order valence-corrected chi connectivity index (χ3v) is 7.02. The van der Waals surface area contributed by atoms with E-state index in [-0.39, 0.29) is 30.1 Å². The Bertz CT molecular complexity index is 1430. The molecule has 4 aromatic heterocycles. The van der Waals surface area contributed by atoms with Crippen LogP contribution >= 0.6 is 19.2 Å². The summed E-state index contributed by atoms with van der Waals surface area (Å²) >= 11 is 1.22. The van der Waals surface area contributed by atoms with Gasteiger partial charge in [0.05, 0.1) is 37.5 Å². The average Bonchev–Trinajstić information content (AvgIpc) is 3.59. The fraction of sp³-hybridized carbons (Fsp3) is 0.318. The maximum absolute atomic E-state index is 13.1. The minimum atomic E-state index is -5.12. The van der Waals surface area contributed by atoms with Crippen LogP contribution in [0.25, 0.3) is 22.0 Å². The molecule has 0 atom stereocenters. The first kappa shape index (κ1) is 30.2. The Hall–Kier alpha value is -3.34. The number of anilines is 1. The molecule has 4 heterocycles. The lowest BCUT2D eigenvalue weighted by atomic mass is 9.89. The third-order valence-electron chi connectivity index (χ3n) is 5.70. The topological polar surface area (TPSA) is 245 Å². The van der Waals surface area contributed by atoms with E-state index in [9.17, 15) is 19.1 Å². The van der Waals surface area contributed by atoms with Crippen LogP contribution in [0.1, 0.15) is 36.3 Å². The maximum Gasteiger partial charge on any atom is 0.275 e. The average molecular weight is 580 g/mol. The molecule has 15 nitrogen and oxygen atoms in total. The standard InChI is InChI=1S/C22H24N7O6PS.2H3N/c1-2-34-16-7-15(8-16)29-11-18(20(27-29)17-5-3-4-6-23-17)25-21(30)19-12-37-22(26-19)14-9-24-28(10-14)13-35-36(31,32)33;;/h3-6,9-12,15-16H,2,7-8,13H2,1H3,(H,25,30)(H2,31,32,33);2*1H3. The highest BCUT2D eigenvalue weighted by molar-refractivity contribution is 7.43. The van der Waals surface area contributed by atoms with Gasteiger partial charge in [-0.15, -0.1) is 11.3 Å². The van der Waals surface area contributed by atoms with Crippen molar-refractivity contribution in [1.29, 1.82) is 0 Å². The van der Waals surface area contributed by atoms with Gasteiger partial charge in [0.15, 0.2) is 0 Å². The highest BCUT2D eigenvalue weighted by atomic mass is 32.1. The number of carbonyl (C=O) groups excluding carboxylic acids is 1. The van der Waals surface area contributed by atoms with Crippen LogP contribution in [0.4, 0.5) is 5.69 Å². The predicted molar refractivity (Wildman–Crippen MR) is 141 cm³/mol. The molecule has 39 heavy (non-hydrogen) atoms. The molecule has 0 unspecified atom stereocenters. The van der Waals surface area contributed by atoms with Crippen molar-refractivity contribution in [3.63, 3.8) is 0 Å². The second-order valence-electron chi connectivity index (χ2n) is 8.25. The van der Waals surface area contributed by atoms with E-state index in [1.54, 1.807) is 17.8 Å². The summed E-state index contributed by atoms with van der Waals surface area (Å²) in [6.45, 7) is 2.10. The van der Waals surface area contributed by atoms with E-state index in [1.807, 2.05) is 29.8 Å². The zero-order valence-corrected chi connectivity index (χ0v) is 23.3. The maximum atomic E-state index is 13.1. The molecule has 4 aromatic rings. The number of aromatic nitrogens is 6. The summed E-state index contributed by atoms with van der Waals surface area (Å²) in [5, 5.41) is 13.6. The molecule has 1 fully saturated rings. The Kier molecular flexibility index (Phi) is 9.82. The molecule has 9 N–H and O–H groups in total. The van der Waals surface area contributed by atoms with Crippen LogP contribution in [0.5, 0.6) is 0 Å². The van der Waals surface area contributed by atoms with Gasteiger partial charge in [-0.2, -0.15) is 10.2 Å². The van der Waals surface area contributed by atoms with Crippen molar-refractivity contribution in [2.45, 2.75) is 38.6 Å². The van der Waals surface area contributed by atoms with Crippen LogP contribution in [0.3, 0.4) is 0 Å². The van der Waals surface area contributed by atoms with Gasteiger partial charge in [0.25, 0.3) is 5.91 Å². The molecule has 0 aromatic carbocycles. The number of pyridine rings is 1. The Morgan fingerprint density at radius 1 is 1.26 bits per heavy atom. The summed E-state index contributed by atoms with van der Waals surface area (Å²) in [7, 11) is -5.12. The van der Waals surface area contributed by atoms with Gasteiger partial charge in [-0.05, 0) is 31.9 Å². The molecule has 0 spiro atoms. The van der Waals surface area contributed by atoms with Crippen molar-refractivity contribution in [3.05, 3.63) is 54.1 Å². The number of hydrogen-bond acceptors (Lipinski definition) is 11. The molecule has 0 aliphatic heterocycles. The van der Waals surface area contributed by atoms with Gasteiger partial charge in [0.2, 0.25) is 0 Å². The summed E-state index contributed by atoms with van der Waals surface area (Å²) in [5.74, 6) is -0.422. The van der Waals surface area contributed by atoms with Gasteiger partial charge in [0.1, 0.15) is 23.1 Å². The van der Waals surface area contributed by atoms with Crippen LogP contribution < -0.4 is 27.4 Å². The first-order valence-corrected chi connectivity index (χ1v) is 13.7. The Labute approximate surface area is 227 Å². The van der Waals surface area contributed by atoms with Crippen LogP contribution in [-0.2, 0) is 20.6 Å². The van der Waals surface area contributed by atoms with E-state index in [1.165, 1.54) is 23.7 Å². The lowest BCUT2D eigenvalue weighted by Crippen LogP contribution is -2.33. The first-order chi connectivity index (χ1) is 17.8. The SMILES string of the molecule is CCOC1CC(n2cc(NC(=O)c3csc(-c4cnn(COP(=O)([O-])[O-])c4)n3)c(-c3ccccn3)n2)C1.[NH4+].[NH4+]. The molecule has 17 heteroatoms. The third kappa shape index (κ3) is 7.20. The van der Waals surface area contributed by atoms with Gasteiger partial charge in [-0.25, -0.2) is 9.67 Å². The zero-order valence-electron chi connectivity index (χ0n) is 21.6. The molecular formula is C22H30N9O6PS. The van der Waals surface area contributed by atoms with Gasteiger partial charge in [-0.3, -0.25) is 14.5 Å². The summed E-state index contributed by atoms with van der Waals surface area (Å²) < 4.78 is 23.5. The Balaban J connectivity index is 0.00000210. The smallest absolute Gasteiger partial charge is 0.275 e. The van der Waals surface area contributed by atoms with Crippen molar-refractivity contribution in [3.8, 4) is 22.0 Å². The molecule has 5 rings (SSSR count). The second kappa shape index (κ2) is 12.7. The molecule has 1 saturated carbocycles. The number of nitrogens with zero attached hydrogens (tertiary/aromatic N) is 6. The number of ether oxygens (including phenoxy) is 1. The number of rotatable bonds is 10. The summed E-state index contributed by atoms with van der Waals surface area (Å²) in [5.41, 5.74) is 2.43. The molecule has 0 saturated heterocycles. The van der Waals surface area contributed by atoms with Crippen molar-refractivity contribution < 1.29 is 28.4 Å². The number of carbonyl (C=O) groups is 1. The first-order valence-electron chi connectivity index (χ1n) is 11.4. The van der Waals surface area contributed by atoms with E-state index in [2.05, 4.69) is 24.9 Å². The Morgan fingerprint density at radius 3 is 2.74 bits per heavy atom. The summed E-state index contributed by atoms with van der Waals surface area (Å²) in [6.07, 6.45) is 8.27. The van der Waals surface area contributed by atoms with E-state index in [0.717, 1.165) is 17.5 Å². The minimum Gasteiger partial charge on any atom is -0.790 e. The molecule has 0 radical (unpaired) electrons. The summed E-state index contributed by atoms with van der Waals surface area (Å²) in [6, 6.07) is 5.66. The number of amides is 1. The fourth-order valence-electron chi connectivity index (χ4n) is 3.86. The molecular weight excluding hydrogens is 549 g/mol. The van der Waals surface area contributed by atoms with Gasteiger partial charge in [-0.1, -0.05) is 6.07 Å². The normalized spacial score (nSPS) is 16.6. The minimum absolute atomic E-state index is 0. The number of nitrogens with one attached hydrogen (secondary N) is 1. The molecule has 1 aliphatic carbocycles. The monoisotopic (exact) mass is 579 g/mol. The largest absolute Gasteiger partial charge is 0.790 e. The zero-order chi connectivity index (χ0) is 26.0. The van der Waals surface area contributed by atoms with Gasteiger partial charge < -0.3 is 41.2 Å².